The van der Waals surface area contributed by atoms with Crippen molar-refractivity contribution in [3.05, 3.63) is 90.5 Å². The summed E-state index contributed by atoms with van der Waals surface area (Å²) in [6.45, 7) is 3.69. The fourth-order valence-corrected chi connectivity index (χ4v) is 8.82. The first-order valence-electron chi connectivity index (χ1n) is 15.0. The van der Waals surface area contributed by atoms with Gasteiger partial charge in [-0.15, -0.1) is 0 Å². The number of methoxy groups -OCH3 is 1. The standard InChI is InChI=1S/C35H29Cl2IN2O6/c1-15-4-6-18(12-24(15)36)39-32(42)21-9-8-20-22(29(21)34(39)44)14-23-30(28(20)17-10-26(38)31(41)27(11-17)46-3)35(45)40(33(23)43)19-7-5-16(2)25(37)13-19/h4-8,10-13,21-23,28-30,41H,9,14H2,1-3H3. The van der Waals surface area contributed by atoms with Crippen molar-refractivity contribution in [1.29, 1.82) is 0 Å². The minimum atomic E-state index is -0.768. The van der Waals surface area contributed by atoms with E-state index in [4.69, 9.17) is 27.9 Å². The molecule has 8 nitrogen and oxygen atoms in total. The number of halogens is 3. The molecule has 3 aromatic rings. The molecule has 0 aromatic heterocycles. The van der Waals surface area contributed by atoms with E-state index >= 15 is 0 Å². The predicted octanol–water partition coefficient (Wildman–Crippen LogP) is 6.97. The van der Waals surface area contributed by atoms with Crippen LogP contribution in [0.15, 0.2) is 60.2 Å². The number of carbonyl (C=O) groups is 4. The molecule has 2 aliphatic carbocycles. The molecule has 0 radical (unpaired) electrons. The molecule has 236 valence electrons. The zero-order chi connectivity index (χ0) is 32.8. The Morgan fingerprint density at radius 2 is 1.35 bits per heavy atom. The Hall–Kier alpha value is -3.41. The molecule has 3 aromatic carbocycles. The second kappa shape index (κ2) is 11.4. The first-order chi connectivity index (χ1) is 21.9. The molecule has 11 heteroatoms. The van der Waals surface area contributed by atoms with Crippen molar-refractivity contribution in [2.24, 2.45) is 29.6 Å². The van der Waals surface area contributed by atoms with Crippen LogP contribution >= 0.6 is 45.8 Å². The zero-order valence-electron chi connectivity index (χ0n) is 25.1. The Morgan fingerprint density at radius 3 is 1.91 bits per heavy atom. The molecule has 2 saturated heterocycles. The Balaban J connectivity index is 1.36. The van der Waals surface area contributed by atoms with Crippen LogP contribution in [0.1, 0.15) is 35.4 Å². The van der Waals surface area contributed by atoms with Crippen LogP contribution in [0, 0.1) is 47.0 Å². The fraction of sp³-hybridized carbons (Fsp3) is 0.314. The molecule has 1 N–H and O–H groups in total. The summed E-state index contributed by atoms with van der Waals surface area (Å²) in [5, 5.41) is 11.5. The van der Waals surface area contributed by atoms with Gasteiger partial charge in [0, 0.05) is 16.0 Å². The molecule has 7 rings (SSSR count). The van der Waals surface area contributed by atoms with Gasteiger partial charge in [0.05, 0.1) is 45.7 Å². The number of ether oxygens (including phenoxy) is 1. The average Bonchev–Trinajstić information content (AvgIpc) is 3.44. The van der Waals surface area contributed by atoms with Crippen molar-refractivity contribution in [3.8, 4) is 11.5 Å². The van der Waals surface area contributed by atoms with E-state index in [1.165, 1.54) is 16.9 Å². The highest BCUT2D eigenvalue weighted by atomic mass is 127. The first-order valence-corrected chi connectivity index (χ1v) is 16.8. The van der Waals surface area contributed by atoms with Crippen LogP contribution in [0.4, 0.5) is 11.4 Å². The van der Waals surface area contributed by atoms with Crippen molar-refractivity contribution in [3.63, 3.8) is 0 Å². The molecule has 2 aliphatic heterocycles. The Kier molecular flexibility index (Phi) is 7.72. The minimum Gasteiger partial charge on any atom is -0.504 e. The summed E-state index contributed by atoms with van der Waals surface area (Å²) < 4.78 is 6.00. The summed E-state index contributed by atoms with van der Waals surface area (Å²) in [5.74, 6) is -5.03. The molecule has 4 amide bonds. The third-order valence-corrected chi connectivity index (χ3v) is 11.7. The number of carbonyl (C=O) groups excluding carboxylic acids is 4. The van der Waals surface area contributed by atoms with Gasteiger partial charge in [-0.2, -0.15) is 0 Å². The van der Waals surface area contributed by atoms with Gasteiger partial charge in [0.2, 0.25) is 23.6 Å². The highest BCUT2D eigenvalue weighted by molar-refractivity contribution is 14.1. The van der Waals surface area contributed by atoms with E-state index in [9.17, 15) is 24.3 Å². The monoisotopic (exact) mass is 770 g/mol. The van der Waals surface area contributed by atoms with Crippen molar-refractivity contribution in [2.75, 3.05) is 16.9 Å². The number of amides is 4. The van der Waals surface area contributed by atoms with Crippen LogP contribution in [-0.4, -0.2) is 35.8 Å². The van der Waals surface area contributed by atoms with Crippen molar-refractivity contribution >= 4 is 80.8 Å². The number of hydrogen-bond donors (Lipinski definition) is 1. The molecule has 2 heterocycles. The summed E-state index contributed by atoms with van der Waals surface area (Å²) in [5.41, 5.74) is 3.99. The molecule has 6 atom stereocenters. The van der Waals surface area contributed by atoms with Gasteiger partial charge in [0.25, 0.3) is 0 Å². The lowest BCUT2D eigenvalue weighted by Gasteiger charge is -2.44. The lowest BCUT2D eigenvalue weighted by atomic mass is 9.57. The number of aromatic hydroxyl groups is 1. The molecular weight excluding hydrogens is 742 g/mol. The van der Waals surface area contributed by atoms with Crippen LogP contribution in [0.2, 0.25) is 10.0 Å². The SMILES string of the molecule is COc1cc(C2C3=CCC4C(=O)N(c5ccc(C)c(Cl)c5)C(=O)C4C3CC3C(=O)N(c4ccc(C)c(Cl)c4)C(=O)C32)cc(I)c1O. The zero-order valence-corrected chi connectivity index (χ0v) is 28.8. The Morgan fingerprint density at radius 1 is 0.783 bits per heavy atom. The summed E-state index contributed by atoms with van der Waals surface area (Å²) >= 11 is 14.8. The fourth-order valence-electron chi connectivity index (χ4n) is 7.84. The van der Waals surface area contributed by atoms with Crippen LogP contribution < -0.4 is 14.5 Å². The number of hydrogen-bond acceptors (Lipinski definition) is 6. The van der Waals surface area contributed by atoms with Gasteiger partial charge >= 0.3 is 0 Å². The van der Waals surface area contributed by atoms with E-state index in [1.807, 2.05) is 42.5 Å². The maximum atomic E-state index is 14.4. The predicted molar refractivity (Wildman–Crippen MR) is 182 cm³/mol. The molecule has 1 saturated carbocycles. The summed E-state index contributed by atoms with van der Waals surface area (Å²) in [4.78, 5) is 59.1. The maximum Gasteiger partial charge on any atom is 0.238 e. The highest BCUT2D eigenvalue weighted by Crippen LogP contribution is 2.59. The molecule has 46 heavy (non-hydrogen) atoms. The van der Waals surface area contributed by atoms with Crippen molar-refractivity contribution < 1.29 is 29.0 Å². The average molecular weight is 771 g/mol. The number of imide groups is 2. The number of allylic oxidation sites excluding steroid dienone is 2. The number of phenolic OH excluding ortho intramolecular Hbond substituents is 1. The number of nitrogens with zero attached hydrogens (tertiary/aromatic N) is 2. The van der Waals surface area contributed by atoms with Gasteiger partial charge in [-0.05, 0) is 108 Å². The van der Waals surface area contributed by atoms with Gasteiger partial charge in [-0.1, -0.05) is 47.0 Å². The normalized spacial score (nSPS) is 27.0. The third kappa shape index (κ3) is 4.60. The molecular formula is C35H29Cl2IN2O6. The molecule has 4 aliphatic rings. The second-order valence-corrected chi connectivity index (χ2v) is 14.4. The molecule has 0 spiro atoms. The third-order valence-electron chi connectivity index (χ3n) is 10.1. The molecule has 3 fully saturated rings. The number of rotatable bonds is 4. The number of benzene rings is 3. The number of fused-ring (bicyclic) bond motifs is 4. The first kappa shape index (κ1) is 31.2. The Labute approximate surface area is 289 Å². The second-order valence-electron chi connectivity index (χ2n) is 12.5. The topological polar surface area (TPSA) is 104 Å². The van der Waals surface area contributed by atoms with Crippen LogP contribution in [0.3, 0.4) is 0 Å². The van der Waals surface area contributed by atoms with E-state index in [2.05, 4.69) is 0 Å². The van der Waals surface area contributed by atoms with Crippen LogP contribution in [-0.2, 0) is 19.2 Å². The van der Waals surface area contributed by atoms with E-state index in [0.29, 0.717) is 37.0 Å². The van der Waals surface area contributed by atoms with Crippen LogP contribution in [0.5, 0.6) is 11.5 Å². The number of aryl methyl sites for hydroxylation is 2. The summed E-state index contributed by atoms with van der Waals surface area (Å²) in [6, 6.07) is 13.7. The lowest BCUT2D eigenvalue weighted by molar-refractivity contribution is -0.126. The minimum absolute atomic E-state index is 0.0258. The van der Waals surface area contributed by atoms with E-state index in [-0.39, 0.29) is 41.5 Å². The van der Waals surface area contributed by atoms with Crippen LogP contribution in [0.25, 0.3) is 0 Å². The lowest BCUT2D eigenvalue weighted by Crippen LogP contribution is -2.43. The number of phenols is 1. The molecule has 6 unspecified atom stereocenters. The molecule has 0 bridgehead atoms. The smallest absolute Gasteiger partial charge is 0.238 e. The van der Waals surface area contributed by atoms with E-state index in [0.717, 1.165) is 16.7 Å². The van der Waals surface area contributed by atoms with Gasteiger partial charge in [-0.3, -0.25) is 19.2 Å². The Bertz CT molecular complexity index is 1910. The number of anilines is 2. The van der Waals surface area contributed by atoms with E-state index < -0.39 is 35.5 Å². The van der Waals surface area contributed by atoms with Gasteiger partial charge in [-0.25, -0.2) is 9.80 Å². The van der Waals surface area contributed by atoms with E-state index in [1.54, 1.807) is 48.5 Å². The quantitative estimate of drug-likeness (QED) is 0.175. The highest BCUT2D eigenvalue weighted by Gasteiger charge is 2.62. The van der Waals surface area contributed by atoms with Crippen molar-refractivity contribution in [2.45, 2.75) is 32.6 Å². The van der Waals surface area contributed by atoms with Gasteiger partial charge in [0.1, 0.15) is 0 Å². The van der Waals surface area contributed by atoms with Gasteiger partial charge < -0.3 is 9.84 Å². The summed E-state index contributed by atoms with van der Waals surface area (Å²) in [6.07, 6.45) is 2.54. The maximum absolute atomic E-state index is 14.4. The largest absolute Gasteiger partial charge is 0.504 e. The van der Waals surface area contributed by atoms with Crippen molar-refractivity contribution in [1.82, 2.24) is 0 Å². The van der Waals surface area contributed by atoms with Gasteiger partial charge in [0.15, 0.2) is 11.5 Å². The summed E-state index contributed by atoms with van der Waals surface area (Å²) in [7, 11) is 1.45.